The van der Waals surface area contributed by atoms with Gasteiger partial charge in [-0.15, -0.1) is 11.8 Å². The second-order valence-electron chi connectivity index (χ2n) is 4.89. The lowest BCUT2D eigenvalue weighted by Crippen LogP contribution is -2.31. The SMILES string of the molecule is CC#CCCC1CC(=O)CCC1(C)C. The summed E-state index contributed by atoms with van der Waals surface area (Å²) in [5.41, 5.74) is 0.337. The molecule has 0 aliphatic heterocycles. The molecule has 14 heavy (non-hydrogen) atoms. The first-order valence-corrected chi connectivity index (χ1v) is 5.47. The molecule has 0 aromatic rings. The number of carbonyl (C=O) groups is 1. The number of ketones is 1. The van der Waals surface area contributed by atoms with Crippen molar-refractivity contribution in [1.82, 2.24) is 0 Å². The second-order valence-corrected chi connectivity index (χ2v) is 4.89. The first-order chi connectivity index (χ1) is 6.56. The van der Waals surface area contributed by atoms with Crippen LogP contribution in [0.15, 0.2) is 0 Å². The van der Waals surface area contributed by atoms with Crippen molar-refractivity contribution in [2.75, 3.05) is 0 Å². The molecule has 0 aromatic heterocycles. The highest BCUT2D eigenvalue weighted by atomic mass is 16.1. The number of hydrogen-bond donors (Lipinski definition) is 0. The average Bonchev–Trinajstić information content (AvgIpc) is 2.12. The molecule has 0 amide bonds. The van der Waals surface area contributed by atoms with Gasteiger partial charge in [0.25, 0.3) is 0 Å². The van der Waals surface area contributed by atoms with Crippen molar-refractivity contribution in [3.8, 4) is 11.8 Å². The zero-order valence-corrected chi connectivity index (χ0v) is 9.52. The van der Waals surface area contributed by atoms with E-state index in [1.54, 1.807) is 0 Å². The lowest BCUT2D eigenvalue weighted by Gasteiger charge is -2.37. The van der Waals surface area contributed by atoms with Gasteiger partial charge in [0.2, 0.25) is 0 Å². The minimum Gasteiger partial charge on any atom is -0.300 e. The molecular formula is C13H20O. The Labute approximate surface area is 87.3 Å². The van der Waals surface area contributed by atoms with E-state index in [4.69, 9.17) is 0 Å². The fourth-order valence-corrected chi connectivity index (χ4v) is 2.18. The first-order valence-electron chi connectivity index (χ1n) is 5.47. The normalized spacial score (nSPS) is 25.4. The van der Waals surface area contributed by atoms with Crippen LogP contribution in [0, 0.1) is 23.2 Å². The maximum Gasteiger partial charge on any atom is 0.133 e. The van der Waals surface area contributed by atoms with Crippen molar-refractivity contribution in [1.29, 1.82) is 0 Å². The number of rotatable bonds is 2. The summed E-state index contributed by atoms with van der Waals surface area (Å²) in [6.45, 7) is 6.43. The van der Waals surface area contributed by atoms with Gasteiger partial charge in [0.1, 0.15) is 5.78 Å². The molecule has 0 aromatic carbocycles. The molecule has 0 spiro atoms. The Morgan fingerprint density at radius 3 is 2.86 bits per heavy atom. The van der Waals surface area contributed by atoms with Crippen LogP contribution in [0.25, 0.3) is 0 Å². The minimum absolute atomic E-state index is 0.337. The van der Waals surface area contributed by atoms with Gasteiger partial charge in [-0.1, -0.05) is 13.8 Å². The zero-order valence-electron chi connectivity index (χ0n) is 9.52. The van der Waals surface area contributed by atoms with Crippen LogP contribution in [-0.4, -0.2) is 5.78 Å². The Balaban J connectivity index is 2.52. The fraction of sp³-hybridized carbons (Fsp3) is 0.769. The van der Waals surface area contributed by atoms with Crippen LogP contribution in [0.5, 0.6) is 0 Å². The highest BCUT2D eigenvalue weighted by Gasteiger charge is 2.34. The summed E-state index contributed by atoms with van der Waals surface area (Å²) in [6.07, 6.45) is 4.63. The van der Waals surface area contributed by atoms with E-state index in [0.29, 0.717) is 17.1 Å². The molecule has 0 bridgehead atoms. The topological polar surface area (TPSA) is 17.1 Å². The van der Waals surface area contributed by atoms with E-state index in [-0.39, 0.29) is 0 Å². The molecule has 1 saturated carbocycles. The Morgan fingerprint density at radius 1 is 1.50 bits per heavy atom. The molecule has 1 aliphatic rings. The standard InChI is InChI=1S/C13H20O/c1-4-5-6-7-11-10-12(14)8-9-13(11,2)3/h11H,6-10H2,1-3H3. The summed E-state index contributed by atoms with van der Waals surface area (Å²) in [7, 11) is 0. The van der Waals surface area contributed by atoms with E-state index in [0.717, 1.165) is 32.1 Å². The van der Waals surface area contributed by atoms with Crippen LogP contribution in [0.4, 0.5) is 0 Å². The molecule has 1 atom stereocenters. The van der Waals surface area contributed by atoms with Crippen molar-refractivity contribution in [2.45, 2.75) is 52.9 Å². The van der Waals surface area contributed by atoms with Gasteiger partial charge in [0.05, 0.1) is 0 Å². The molecule has 1 nitrogen and oxygen atoms in total. The molecule has 0 radical (unpaired) electrons. The van der Waals surface area contributed by atoms with Crippen LogP contribution < -0.4 is 0 Å². The largest absolute Gasteiger partial charge is 0.300 e. The molecule has 0 heterocycles. The lowest BCUT2D eigenvalue weighted by molar-refractivity contribution is -0.124. The molecule has 1 fully saturated rings. The molecule has 1 unspecified atom stereocenters. The van der Waals surface area contributed by atoms with Crippen LogP contribution in [0.1, 0.15) is 52.9 Å². The van der Waals surface area contributed by atoms with Gasteiger partial charge in [0, 0.05) is 19.3 Å². The molecule has 1 heteroatoms. The van der Waals surface area contributed by atoms with E-state index in [1.807, 2.05) is 6.92 Å². The van der Waals surface area contributed by atoms with Gasteiger partial charge in [0.15, 0.2) is 0 Å². The van der Waals surface area contributed by atoms with Crippen molar-refractivity contribution in [2.24, 2.45) is 11.3 Å². The summed E-state index contributed by atoms with van der Waals surface area (Å²) in [4.78, 5) is 11.4. The maximum atomic E-state index is 11.4. The molecule has 1 rings (SSSR count). The Morgan fingerprint density at radius 2 is 2.21 bits per heavy atom. The van der Waals surface area contributed by atoms with E-state index in [1.165, 1.54) is 0 Å². The van der Waals surface area contributed by atoms with Crippen LogP contribution in [0.3, 0.4) is 0 Å². The molecule has 1 aliphatic carbocycles. The van der Waals surface area contributed by atoms with E-state index in [2.05, 4.69) is 25.7 Å². The summed E-state index contributed by atoms with van der Waals surface area (Å²) >= 11 is 0. The summed E-state index contributed by atoms with van der Waals surface area (Å²) in [5, 5.41) is 0. The minimum atomic E-state index is 0.337. The lowest BCUT2D eigenvalue weighted by atomic mass is 9.67. The van der Waals surface area contributed by atoms with Crippen molar-refractivity contribution >= 4 is 5.78 Å². The number of hydrogen-bond acceptors (Lipinski definition) is 1. The molecular weight excluding hydrogens is 172 g/mol. The predicted octanol–water partition coefficient (Wildman–Crippen LogP) is 3.19. The molecule has 0 N–H and O–H groups in total. The summed E-state index contributed by atoms with van der Waals surface area (Å²) in [5.74, 6) is 6.99. The van der Waals surface area contributed by atoms with Crippen molar-refractivity contribution < 1.29 is 4.79 Å². The summed E-state index contributed by atoms with van der Waals surface area (Å²) in [6, 6.07) is 0. The van der Waals surface area contributed by atoms with Gasteiger partial charge in [-0.25, -0.2) is 0 Å². The van der Waals surface area contributed by atoms with Crippen molar-refractivity contribution in [3.63, 3.8) is 0 Å². The predicted molar refractivity (Wildman–Crippen MR) is 58.8 cm³/mol. The Kier molecular flexibility index (Phi) is 3.75. The Hall–Kier alpha value is -0.770. The van der Waals surface area contributed by atoms with Crippen LogP contribution >= 0.6 is 0 Å². The fourth-order valence-electron chi connectivity index (χ4n) is 2.18. The third kappa shape index (κ3) is 2.87. The van der Waals surface area contributed by atoms with Crippen LogP contribution in [0.2, 0.25) is 0 Å². The Bertz CT molecular complexity index is 265. The maximum absolute atomic E-state index is 11.4. The molecule has 78 valence electrons. The number of Topliss-reactive ketones (excluding diaryl/α,β-unsaturated/α-hetero) is 1. The highest BCUT2D eigenvalue weighted by molar-refractivity contribution is 5.79. The van der Waals surface area contributed by atoms with Gasteiger partial charge in [-0.05, 0) is 31.1 Å². The molecule has 0 saturated heterocycles. The quantitative estimate of drug-likeness (QED) is 0.614. The summed E-state index contributed by atoms with van der Waals surface area (Å²) < 4.78 is 0. The zero-order chi connectivity index (χ0) is 10.6. The van der Waals surface area contributed by atoms with Crippen molar-refractivity contribution in [3.05, 3.63) is 0 Å². The average molecular weight is 192 g/mol. The number of carbonyl (C=O) groups excluding carboxylic acids is 1. The van der Waals surface area contributed by atoms with Crippen LogP contribution in [-0.2, 0) is 4.79 Å². The third-order valence-electron chi connectivity index (χ3n) is 3.42. The van der Waals surface area contributed by atoms with E-state index >= 15 is 0 Å². The van der Waals surface area contributed by atoms with Gasteiger partial charge in [-0.2, -0.15) is 0 Å². The smallest absolute Gasteiger partial charge is 0.133 e. The monoisotopic (exact) mass is 192 g/mol. The highest BCUT2D eigenvalue weighted by Crippen LogP contribution is 2.41. The van der Waals surface area contributed by atoms with E-state index in [9.17, 15) is 4.79 Å². The van der Waals surface area contributed by atoms with Gasteiger partial charge in [-0.3, -0.25) is 4.79 Å². The van der Waals surface area contributed by atoms with Gasteiger partial charge >= 0.3 is 0 Å². The first kappa shape index (κ1) is 11.3. The van der Waals surface area contributed by atoms with Gasteiger partial charge < -0.3 is 0 Å². The second kappa shape index (κ2) is 4.64. The third-order valence-corrected chi connectivity index (χ3v) is 3.42. The van der Waals surface area contributed by atoms with E-state index < -0.39 is 0 Å².